The Balaban J connectivity index is 2.58. The molecule has 7 nitrogen and oxygen atoms in total. The Kier molecular flexibility index (Phi) is 4.47. The zero-order chi connectivity index (χ0) is 13.1. The molecule has 0 heterocycles. The van der Waals surface area contributed by atoms with Crippen molar-refractivity contribution in [3.05, 3.63) is 0 Å². The van der Waals surface area contributed by atoms with Crippen LogP contribution in [-0.2, 0) is 24.3 Å². The topological polar surface area (TPSA) is 110 Å². The van der Waals surface area contributed by atoms with Crippen LogP contribution in [0, 0.1) is 5.92 Å². The average molecular weight is 265 g/mol. The Bertz CT molecular complexity index is 400. The van der Waals surface area contributed by atoms with Crippen LogP contribution in [0.2, 0.25) is 0 Å². The number of ether oxygens (including phenoxy) is 1. The minimum atomic E-state index is -3.66. The number of sulfonamides is 1. The van der Waals surface area contributed by atoms with Gasteiger partial charge in [0.1, 0.15) is 6.04 Å². The number of carboxylic acid groups (broad SMARTS) is 1. The van der Waals surface area contributed by atoms with E-state index in [-0.39, 0.29) is 11.7 Å². The molecule has 98 valence electrons. The van der Waals surface area contributed by atoms with Crippen molar-refractivity contribution in [3.8, 4) is 0 Å². The van der Waals surface area contributed by atoms with Gasteiger partial charge >= 0.3 is 11.9 Å². The molecule has 0 radical (unpaired) electrons. The molecule has 0 amide bonds. The molecule has 1 saturated carbocycles. The van der Waals surface area contributed by atoms with E-state index in [0.717, 1.165) is 20.0 Å². The second-order valence-corrected chi connectivity index (χ2v) is 5.81. The predicted molar refractivity (Wildman–Crippen MR) is 57.7 cm³/mol. The molecule has 0 bridgehead atoms. The van der Waals surface area contributed by atoms with Gasteiger partial charge in [-0.25, -0.2) is 13.1 Å². The largest absolute Gasteiger partial charge is 0.480 e. The van der Waals surface area contributed by atoms with Gasteiger partial charge in [-0.2, -0.15) is 0 Å². The maximum Gasteiger partial charge on any atom is 0.322 e. The molecule has 0 aromatic rings. The summed E-state index contributed by atoms with van der Waals surface area (Å²) in [6.45, 7) is 0. The summed E-state index contributed by atoms with van der Waals surface area (Å²) >= 11 is 0. The molecule has 1 aliphatic carbocycles. The first-order valence-electron chi connectivity index (χ1n) is 5.13. The van der Waals surface area contributed by atoms with E-state index in [2.05, 4.69) is 4.74 Å². The molecule has 1 aliphatic rings. The summed E-state index contributed by atoms with van der Waals surface area (Å²) in [5.74, 6) is -2.14. The second-order valence-electron chi connectivity index (χ2n) is 4.01. The highest BCUT2D eigenvalue weighted by atomic mass is 32.2. The molecule has 1 atom stereocenters. The van der Waals surface area contributed by atoms with Crippen LogP contribution in [0.4, 0.5) is 0 Å². The van der Waals surface area contributed by atoms with E-state index in [1.165, 1.54) is 0 Å². The first kappa shape index (κ1) is 13.9. The lowest BCUT2D eigenvalue weighted by molar-refractivity contribution is -0.147. The van der Waals surface area contributed by atoms with E-state index < -0.39 is 34.4 Å². The van der Waals surface area contributed by atoms with Crippen molar-refractivity contribution in [3.63, 3.8) is 0 Å². The van der Waals surface area contributed by atoms with Gasteiger partial charge in [-0.05, 0) is 18.8 Å². The Morgan fingerprint density at radius 2 is 2.06 bits per heavy atom. The number of esters is 1. The summed E-state index contributed by atoms with van der Waals surface area (Å²) in [7, 11) is -2.54. The van der Waals surface area contributed by atoms with E-state index in [1.807, 2.05) is 4.72 Å². The number of aliphatic carboxylic acids is 1. The fourth-order valence-corrected chi connectivity index (χ4v) is 2.96. The lowest BCUT2D eigenvalue weighted by atomic mass is 10.2. The summed E-state index contributed by atoms with van der Waals surface area (Å²) in [5, 5.41) is 8.80. The molecule has 0 saturated heterocycles. The van der Waals surface area contributed by atoms with Crippen LogP contribution in [-0.4, -0.2) is 44.4 Å². The molecule has 1 fully saturated rings. The minimum absolute atomic E-state index is 0.0854. The van der Waals surface area contributed by atoms with Crippen molar-refractivity contribution in [2.45, 2.75) is 25.3 Å². The summed E-state index contributed by atoms with van der Waals surface area (Å²) < 4.78 is 29.4. The third-order valence-corrected chi connectivity index (χ3v) is 3.92. The Labute approximate surface area is 99.2 Å². The third-order valence-electron chi connectivity index (χ3n) is 2.37. The van der Waals surface area contributed by atoms with Gasteiger partial charge in [-0.1, -0.05) is 0 Å². The highest BCUT2D eigenvalue weighted by Gasteiger charge is 2.32. The number of hydrogen-bond donors (Lipinski definition) is 2. The quantitative estimate of drug-likeness (QED) is 0.591. The second kappa shape index (κ2) is 5.46. The van der Waals surface area contributed by atoms with Gasteiger partial charge < -0.3 is 9.84 Å². The smallest absolute Gasteiger partial charge is 0.322 e. The number of carbonyl (C=O) groups excluding carboxylic acids is 1. The molecule has 17 heavy (non-hydrogen) atoms. The van der Waals surface area contributed by atoms with Crippen LogP contribution in [0.25, 0.3) is 0 Å². The lowest BCUT2D eigenvalue weighted by Gasteiger charge is -2.13. The number of nitrogens with one attached hydrogen (secondary N) is 1. The van der Waals surface area contributed by atoms with Gasteiger partial charge in [-0.3, -0.25) is 9.59 Å². The normalized spacial score (nSPS) is 17.5. The van der Waals surface area contributed by atoms with Crippen LogP contribution in [0.1, 0.15) is 19.3 Å². The molecule has 0 spiro atoms. The summed E-state index contributed by atoms with van der Waals surface area (Å²) in [6.07, 6.45) is 1.17. The molecule has 2 N–H and O–H groups in total. The van der Waals surface area contributed by atoms with Crippen molar-refractivity contribution in [1.82, 2.24) is 4.72 Å². The number of methoxy groups -OCH3 is 1. The van der Waals surface area contributed by atoms with Gasteiger partial charge in [0.05, 0.1) is 19.3 Å². The number of carboxylic acids is 1. The van der Waals surface area contributed by atoms with Crippen LogP contribution >= 0.6 is 0 Å². The average Bonchev–Trinajstić information content (AvgIpc) is 2.99. The van der Waals surface area contributed by atoms with Crippen LogP contribution in [0.3, 0.4) is 0 Å². The third kappa shape index (κ3) is 5.14. The van der Waals surface area contributed by atoms with Crippen LogP contribution in [0.5, 0.6) is 0 Å². The van der Waals surface area contributed by atoms with Gasteiger partial charge in [-0.15, -0.1) is 0 Å². The van der Waals surface area contributed by atoms with E-state index in [0.29, 0.717) is 0 Å². The van der Waals surface area contributed by atoms with Gasteiger partial charge in [0.15, 0.2) is 0 Å². The zero-order valence-electron chi connectivity index (χ0n) is 9.38. The number of carbonyl (C=O) groups is 2. The predicted octanol–water partition coefficient (Wildman–Crippen LogP) is -0.668. The van der Waals surface area contributed by atoms with E-state index >= 15 is 0 Å². The first-order valence-corrected chi connectivity index (χ1v) is 6.79. The molecule has 8 heteroatoms. The molecular formula is C9H15NO6S. The first-order chi connectivity index (χ1) is 7.84. The fourth-order valence-electron chi connectivity index (χ4n) is 1.29. The molecular weight excluding hydrogens is 250 g/mol. The maximum atomic E-state index is 11.5. The fraction of sp³-hybridized carbons (Fsp3) is 0.778. The minimum Gasteiger partial charge on any atom is -0.480 e. The van der Waals surface area contributed by atoms with Crippen molar-refractivity contribution in [2.24, 2.45) is 5.92 Å². The SMILES string of the molecule is COC(=O)C[C@H](NS(=O)(=O)CC1CC1)C(=O)O. The van der Waals surface area contributed by atoms with Crippen molar-refractivity contribution < 1.29 is 27.9 Å². The highest BCUT2D eigenvalue weighted by Crippen LogP contribution is 2.30. The number of hydrogen-bond acceptors (Lipinski definition) is 5. The van der Waals surface area contributed by atoms with Crippen molar-refractivity contribution in [2.75, 3.05) is 12.9 Å². The van der Waals surface area contributed by atoms with Gasteiger partial charge in [0, 0.05) is 0 Å². The van der Waals surface area contributed by atoms with Crippen LogP contribution < -0.4 is 4.72 Å². The van der Waals surface area contributed by atoms with Gasteiger partial charge in [0.2, 0.25) is 10.0 Å². The van der Waals surface area contributed by atoms with E-state index in [4.69, 9.17) is 5.11 Å². The Hall–Kier alpha value is -1.15. The van der Waals surface area contributed by atoms with Crippen molar-refractivity contribution >= 4 is 22.0 Å². The summed E-state index contributed by atoms with van der Waals surface area (Å²) in [5.41, 5.74) is 0. The zero-order valence-corrected chi connectivity index (χ0v) is 10.2. The molecule has 0 aromatic carbocycles. The molecule has 1 rings (SSSR count). The summed E-state index contributed by atoms with van der Waals surface area (Å²) in [6, 6.07) is -1.47. The number of rotatable bonds is 7. The Morgan fingerprint density at radius 3 is 2.47 bits per heavy atom. The van der Waals surface area contributed by atoms with E-state index in [1.54, 1.807) is 0 Å². The Morgan fingerprint density at radius 1 is 1.47 bits per heavy atom. The van der Waals surface area contributed by atoms with Crippen LogP contribution in [0.15, 0.2) is 0 Å². The summed E-state index contributed by atoms with van der Waals surface area (Å²) in [4.78, 5) is 21.7. The molecule has 0 unspecified atom stereocenters. The van der Waals surface area contributed by atoms with Crippen molar-refractivity contribution in [1.29, 1.82) is 0 Å². The maximum absolute atomic E-state index is 11.5. The monoisotopic (exact) mass is 265 g/mol. The molecule has 0 aromatic heterocycles. The lowest BCUT2D eigenvalue weighted by Crippen LogP contribution is -2.43. The van der Waals surface area contributed by atoms with E-state index in [9.17, 15) is 18.0 Å². The van der Waals surface area contributed by atoms with Gasteiger partial charge in [0.25, 0.3) is 0 Å². The molecule has 0 aliphatic heterocycles. The standard InChI is InChI=1S/C9H15NO6S/c1-16-8(11)4-7(9(12)13)10-17(14,15)5-6-2-3-6/h6-7,10H,2-5H2,1H3,(H,12,13)/t7-/m0/s1. The highest BCUT2D eigenvalue weighted by molar-refractivity contribution is 7.89.